The summed E-state index contributed by atoms with van der Waals surface area (Å²) in [5.41, 5.74) is 2.56. The molecule has 116 valence electrons. The first-order valence-electron chi connectivity index (χ1n) is 7.60. The largest absolute Gasteiger partial charge is 0.381 e. The number of nitrogens with zero attached hydrogens (tertiary/aromatic N) is 1. The van der Waals surface area contributed by atoms with E-state index in [1.54, 1.807) is 0 Å². The lowest BCUT2D eigenvalue weighted by Gasteiger charge is -2.40. The maximum absolute atomic E-state index is 13.7. The van der Waals surface area contributed by atoms with Crippen LogP contribution in [-0.2, 0) is 0 Å². The summed E-state index contributed by atoms with van der Waals surface area (Å²) in [5.74, 6) is -1.19. The first-order valence-corrected chi connectivity index (χ1v) is 7.60. The van der Waals surface area contributed by atoms with Gasteiger partial charge in [-0.2, -0.15) is 0 Å². The first-order chi connectivity index (χ1) is 10.6. The molecule has 0 amide bonds. The van der Waals surface area contributed by atoms with E-state index in [0.717, 1.165) is 12.2 Å². The number of nitrogens with one attached hydrogen (secondary N) is 1. The van der Waals surface area contributed by atoms with Gasteiger partial charge < -0.3 is 10.2 Å². The van der Waals surface area contributed by atoms with Gasteiger partial charge in [-0.3, -0.25) is 0 Å². The van der Waals surface area contributed by atoms with Gasteiger partial charge in [0.2, 0.25) is 0 Å². The number of anilines is 2. The third-order valence-corrected chi connectivity index (χ3v) is 3.96. The van der Waals surface area contributed by atoms with Crippen molar-refractivity contribution in [1.29, 1.82) is 0 Å². The Morgan fingerprint density at radius 3 is 2.50 bits per heavy atom. The smallest absolute Gasteiger partial charge is 0.161 e. The van der Waals surface area contributed by atoms with Gasteiger partial charge in [0.1, 0.15) is 0 Å². The van der Waals surface area contributed by atoms with Crippen molar-refractivity contribution in [2.24, 2.45) is 5.92 Å². The summed E-state index contributed by atoms with van der Waals surface area (Å²) in [6, 6.07) is 12.8. The molecule has 2 aromatic rings. The Bertz CT molecular complexity index is 656. The van der Waals surface area contributed by atoms with Crippen LogP contribution in [0, 0.1) is 17.6 Å². The summed E-state index contributed by atoms with van der Waals surface area (Å²) in [7, 11) is 0. The van der Waals surface area contributed by atoms with Gasteiger partial charge in [-0.15, -0.1) is 0 Å². The monoisotopic (exact) mass is 302 g/mol. The van der Waals surface area contributed by atoms with E-state index in [2.05, 4.69) is 36.2 Å². The Hall–Kier alpha value is -2.10. The van der Waals surface area contributed by atoms with E-state index in [-0.39, 0.29) is 6.04 Å². The zero-order valence-electron chi connectivity index (χ0n) is 12.8. The number of halogens is 2. The minimum atomic E-state index is -0.811. The Labute approximate surface area is 129 Å². The Balaban J connectivity index is 2.04. The predicted octanol–water partition coefficient (Wildman–Crippen LogP) is 4.59. The number of hydrogen-bond donors (Lipinski definition) is 1. The van der Waals surface area contributed by atoms with E-state index in [1.165, 1.54) is 17.7 Å². The van der Waals surface area contributed by atoms with Crippen molar-refractivity contribution in [1.82, 2.24) is 0 Å². The molecule has 1 aliphatic rings. The maximum atomic E-state index is 13.7. The second-order valence-corrected chi connectivity index (χ2v) is 6.14. The fourth-order valence-electron chi connectivity index (χ4n) is 2.99. The molecule has 0 saturated heterocycles. The highest BCUT2D eigenvalue weighted by Crippen LogP contribution is 2.39. The third-order valence-electron chi connectivity index (χ3n) is 3.96. The van der Waals surface area contributed by atoms with Gasteiger partial charge >= 0.3 is 0 Å². The van der Waals surface area contributed by atoms with Gasteiger partial charge in [-0.25, -0.2) is 8.78 Å². The molecule has 0 aliphatic carbocycles. The molecule has 4 heteroatoms. The minimum Gasteiger partial charge on any atom is -0.381 e. The summed E-state index contributed by atoms with van der Waals surface area (Å²) in [6.07, 6.45) is 0. The molecule has 1 N–H and O–H groups in total. The molecule has 0 bridgehead atoms. The summed E-state index contributed by atoms with van der Waals surface area (Å²) < 4.78 is 27.2. The normalized spacial score (nSPS) is 17.3. The second kappa shape index (κ2) is 5.95. The van der Waals surface area contributed by atoms with Crippen LogP contribution in [0.4, 0.5) is 20.2 Å². The van der Waals surface area contributed by atoms with Crippen LogP contribution in [0.1, 0.15) is 25.5 Å². The zero-order chi connectivity index (χ0) is 15.7. The summed E-state index contributed by atoms with van der Waals surface area (Å²) in [6.45, 7) is 5.72. The maximum Gasteiger partial charge on any atom is 0.161 e. The average Bonchev–Trinajstić information content (AvgIpc) is 2.50. The van der Waals surface area contributed by atoms with Gasteiger partial charge in [-0.05, 0) is 11.5 Å². The van der Waals surface area contributed by atoms with Crippen molar-refractivity contribution in [3.8, 4) is 0 Å². The van der Waals surface area contributed by atoms with E-state index < -0.39 is 11.6 Å². The van der Waals surface area contributed by atoms with Gasteiger partial charge in [0.25, 0.3) is 0 Å². The molecule has 2 nitrogen and oxygen atoms in total. The molecule has 0 saturated carbocycles. The quantitative estimate of drug-likeness (QED) is 0.892. The van der Waals surface area contributed by atoms with Gasteiger partial charge in [0.05, 0.1) is 17.4 Å². The number of benzene rings is 2. The van der Waals surface area contributed by atoms with E-state index in [0.29, 0.717) is 18.2 Å². The summed E-state index contributed by atoms with van der Waals surface area (Å²) in [5, 5.41) is 3.23. The molecule has 1 aliphatic heterocycles. The first kappa shape index (κ1) is 14.8. The standard InChI is InChI=1S/C18H20F2N2/c1-12(2)11-22-17-9-15(20)14(19)8-16(17)21-10-18(22)13-6-4-3-5-7-13/h3-9,12,18,21H,10-11H2,1-2H3. The molecule has 1 heterocycles. The molecule has 0 fully saturated rings. The van der Waals surface area contributed by atoms with Crippen molar-refractivity contribution in [2.45, 2.75) is 19.9 Å². The second-order valence-electron chi connectivity index (χ2n) is 6.14. The van der Waals surface area contributed by atoms with Crippen LogP contribution in [0.5, 0.6) is 0 Å². The molecule has 1 atom stereocenters. The molecule has 3 rings (SSSR count). The highest BCUT2D eigenvalue weighted by atomic mass is 19.2. The Kier molecular flexibility index (Phi) is 4.01. The van der Waals surface area contributed by atoms with E-state index in [1.807, 2.05) is 18.2 Å². The zero-order valence-corrected chi connectivity index (χ0v) is 12.8. The van der Waals surface area contributed by atoms with Crippen LogP contribution < -0.4 is 10.2 Å². The fourth-order valence-corrected chi connectivity index (χ4v) is 2.99. The number of hydrogen-bond acceptors (Lipinski definition) is 2. The molecule has 0 spiro atoms. The van der Waals surface area contributed by atoms with Crippen LogP contribution in [0.3, 0.4) is 0 Å². The van der Waals surface area contributed by atoms with E-state index >= 15 is 0 Å². The lowest BCUT2D eigenvalue weighted by atomic mass is 9.99. The van der Waals surface area contributed by atoms with Crippen LogP contribution in [-0.4, -0.2) is 13.1 Å². The topological polar surface area (TPSA) is 15.3 Å². The van der Waals surface area contributed by atoms with Crippen LogP contribution in [0.2, 0.25) is 0 Å². The molecule has 0 aromatic heterocycles. The predicted molar refractivity (Wildman–Crippen MR) is 86.2 cm³/mol. The minimum absolute atomic E-state index is 0.112. The third kappa shape index (κ3) is 2.78. The van der Waals surface area contributed by atoms with Gasteiger partial charge in [0.15, 0.2) is 11.6 Å². The molecular weight excluding hydrogens is 282 g/mol. The van der Waals surface area contributed by atoms with Crippen molar-refractivity contribution >= 4 is 11.4 Å². The molecule has 2 aromatic carbocycles. The average molecular weight is 302 g/mol. The molecular formula is C18H20F2N2. The van der Waals surface area contributed by atoms with E-state index in [4.69, 9.17) is 0 Å². The number of fused-ring (bicyclic) bond motifs is 1. The lowest BCUT2D eigenvalue weighted by Crippen LogP contribution is -2.40. The van der Waals surface area contributed by atoms with Crippen LogP contribution >= 0.6 is 0 Å². The van der Waals surface area contributed by atoms with Gasteiger partial charge in [-0.1, -0.05) is 44.2 Å². The van der Waals surface area contributed by atoms with Gasteiger partial charge in [0, 0.05) is 25.2 Å². The molecule has 0 radical (unpaired) electrons. The molecule has 1 unspecified atom stereocenters. The van der Waals surface area contributed by atoms with Crippen LogP contribution in [0.25, 0.3) is 0 Å². The Morgan fingerprint density at radius 1 is 1.14 bits per heavy atom. The van der Waals surface area contributed by atoms with Crippen molar-refractivity contribution in [3.05, 3.63) is 59.7 Å². The SMILES string of the molecule is CC(C)CN1c2cc(F)c(F)cc2NCC1c1ccccc1. The molecule has 22 heavy (non-hydrogen) atoms. The fraction of sp³-hybridized carbons (Fsp3) is 0.333. The van der Waals surface area contributed by atoms with Crippen molar-refractivity contribution in [2.75, 3.05) is 23.3 Å². The van der Waals surface area contributed by atoms with Crippen molar-refractivity contribution < 1.29 is 8.78 Å². The highest BCUT2D eigenvalue weighted by molar-refractivity contribution is 5.73. The number of rotatable bonds is 3. The van der Waals surface area contributed by atoms with E-state index in [9.17, 15) is 8.78 Å². The summed E-state index contributed by atoms with van der Waals surface area (Å²) in [4.78, 5) is 2.17. The Morgan fingerprint density at radius 2 is 1.82 bits per heavy atom. The van der Waals surface area contributed by atoms with Crippen LogP contribution in [0.15, 0.2) is 42.5 Å². The summed E-state index contributed by atoms with van der Waals surface area (Å²) >= 11 is 0. The highest BCUT2D eigenvalue weighted by Gasteiger charge is 2.29. The van der Waals surface area contributed by atoms with Crippen molar-refractivity contribution in [3.63, 3.8) is 0 Å². The lowest BCUT2D eigenvalue weighted by molar-refractivity contribution is 0.502.